The minimum atomic E-state index is -0.418. The van der Waals surface area contributed by atoms with E-state index in [1.165, 1.54) is 23.7 Å². The number of nitrogens with one attached hydrogen (secondary N) is 1. The van der Waals surface area contributed by atoms with Crippen molar-refractivity contribution in [2.45, 2.75) is 0 Å². The first-order valence-electron chi connectivity index (χ1n) is 6.34. The molecule has 3 aromatic rings. The molecule has 2 aromatic carbocycles. The molecule has 0 saturated carbocycles. The number of anilines is 1. The van der Waals surface area contributed by atoms with Gasteiger partial charge < -0.3 is 15.5 Å². The third-order valence-corrected chi connectivity index (χ3v) is 3.67. The van der Waals surface area contributed by atoms with Crippen LogP contribution in [0.25, 0.3) is 10.4 Å². The number of benzene rings is 2. The van der Waals surface area contributed by atoms with Crippen LogP contribution in [0.5, 0.6) is 11.5 Å². The van der Waals surface area contributed by atoms with E-state index in [-0.39, 0.29) is 17.1 Å². The van der Waals surface area contributed by atoms with E-state index >= 15 is 0 Å². The van der Waals surface area contributed by atoms with Crippen molar-refractivity contribution in [3.63, 3.8) is 0 Å². The van der Waals surface area contributed by atoms with Crippen molar-refractivity contribution in [1.82, 2.24) is 9.59 Å². The molecule has 0 spiro atoms. The van der Waals surface area contributed by atoms with Crippen molar-refractivity contribution >= 4 is 23.1 Å². The van der Waals surface area contributed by atoms with Crippen molar-refractivity contribution < 1.29 is 15.0 Å². The summed E-state index contributed by atoms with van der Waals surface area (Å²) in [5.41, 5.74) is 1.74. The summed E-state index contributed by atoms with van der Waals surface area (Å²) in [5.74, 6) is -0.755. The lowest BCUT2D eigenvalue weighted by molar-refractivity contribution is 0.102. The topological polar surface area (TPSA) is 95.3 Å². The lowest BCUT2D eigenvalue weighted by atomic mass is 10.1. The molecule has 0 fully saturated rings. The number of amides is 1. The Labute approximate surface area is 129 Å². The van der Waals surface area contributed by atoms with E-state index in [9.17, 15) is 15.0 Å². The highest BCUT2D eigenvalue weighted by Crippen LogP contribution is 2.24. The Morgan fingerprint density at radius 3 is 2.32 bits per heavy atom. The van der Waals surface area contributed by atoms with Gasteiger partial charge in [0.25, 0.3) is 5.91 Å². The first-order valence-corrected chi connectivity index (χ1v) is 7.11. The van der Waals surface area contributed by atoms with Gasteiger partial charge in [-0.2, -0.15) is 0 Å². The normalized spacial score (nSPS) is 10.4. The molecular weight excluding hydrogens is 302 g/mol. The second kappa shape index (κ2) is 5.82. The second-order valence-electron chi connectivity index (χ2n) is 4.55. The minimum Gasteiger partial charge on any atom is -0.508 e. The summed E-state index contributed by atoms with van der Waals surface area (Å²) >= 11 is 1.29. The number of hydrogen-bond donors (Lipinski definition) is 3. The van der Waals surface area contributed by atoms with Gasteiger partial charge in [-0.3, -0.25) is 4.79 Å². The van der Waals surface area contributed by atoms with Crippen molar-refractivity contribution in [3.05, 3.63) is 54.2 Å². The van der Waals surface area contributed by atoms with E-state index in [1.54, 1.807) is 18.3 Å². The summed E-state index contributed by atoms with van der Waals surface area (Å²) in [6, 6.07) is 11.0. The molecule has 0 radical (unpaired) electrons. The molecule has 110 valence electrons. The molecule has 0 bridgehead atoms. The highest BCUT2D eigenvalue weighted by Gasteiger charge is 2.09. The van der Waals surface area contributed by atoms with Crippen LogP contribution in [0.3, 0.4) is 0 Å². The number of phenolic OH excluding ortho intramolecular Hbond substituents is 2. The molecular formula is C15H11N3O3S. The number of carbonyl (C=O) groups is 1. The highest BCUT2D eigenvalue weighted by molar-refractivity contribution is 7.09. The van der Waals surface area contributed by atoms with E-state index in [2.05, 4.69) is 14.9 Å². The molecule has 1 heterocycles. The van der Waals surface area contributed by atoms with E-state index in [0.717, 1.165) is 16.5 Å². The quantitative estimate of drug-likeness (QED) is 0.691. The number of nitrogens with zero attached hydrogens (tertiary/aromatic N) is 2. The minimum absolute atomic E-state index is 0.168. The predicted molar refractivity (Wildman–Crippen MR) is 83.1 cm³/mol. The van der Waals surface area contributed by atoms with Crippen molar-refractivity contribution in [2.24, 2.45) is 0 Å². The standard InChI is InChI=1S/C15H11N3O3S/c19-12-5-10(6-13(20)7-12)15(21)17-11-3-1-9(2-4-11)14-8-16-18-22-14/h1-8,19-20H,(H,17,21). The molecule has 3 N–H and O–H groups in total. The van der Waals surface area contributed by atoms with Crippen molar-refractivity contribution in [1.29, 1.82) is 0 Å². The van der Waals surface area contributed by atoms with Gasteiger partial charge in [0.2, 0.25) is 0 Å². The molecule has 1 aromatic heterocycles. The summed E-state index contributed by atoms with van der Waals surface area (Å²) in [5, 5.41) is 25.3. The van der Waals surface area contributed by atoms with Gasteiger partial charge in [-0.1, -0.05) is 16.6 Å². The maximum absolute atomic E-state index is 12.1. The third-order valence-electron chi connectivity index (χ3n) is 2.95. The van der Waals surface area contributed by atoms with Crippen LogP contribution in [0, 0.1) is 0 Å². The number of carbonyl (C=O) groups excluding carboxylic acids is 1. The van der Waals surface area contributed by atoms with Crippen LogP contribution < -0.4 is 5.32 Å². The molecule has 0 aliphatic heterocycles. The monoisotopic (exact) mass is 313 g/mol. The zero-order valence-electron chi connectivity index (χ0n) is 11.2. The van der Waals surface area contributed by atoms with Crippen molar-refractivity contribution in [3.8, 4) is 21.9 Å². The Hall–Kier alpha value is -2.93. The fraction of sp³-hybridized carbons (Fsp3) is 0. The summed E-state index contributed by atoms with van der Waals surface area (Å²) in [6.45, 7) is 0. The first-order chi connectivity index (χ1) is 10.6. The van der Waals surface area contributed by atoms with Crippen LogP contribution in [0.2, 0.25) is 0 Å². The lowest BCUT2D eigenvalue weighted by Gasteiger charge is -2.07. The number of hydrogen-bond acceptors (Lipinski definition) is 6. The van der Waals surface area contributed by atoms with Crippen LogP contribution in [0.1, 0.15) is 10.4 Å². The largest absolute Gasteiger partial charge is 0.508 e. The molecule has 0 atom stereocenters. The Morgan fingerprint density at radius 1 is 1.05 bits per heavy atom. The van der Waals surface area contributed by atoms with Gasteiger partial charge in [0.1, 0.15) is 11.5 Å². The van der Waals surface area contributed by atoms with Crippen LogP contribution in [-0.2, 0) is 0 Å². The lowest BCUT2D eigenvalue weighted by Crippen LogP contribution is -2.11. The molecule has 0 aliphatic carbocycles. The number of aromatic nitrogens is 2. The molecule has 1 amide bonds. The predicted octanol–water partition coefficient (Wildman–Crippen LogP) is 2.87. The fourth-order valence-electron chi connectivity index (χ4n) is 1.94. The van der Waals surface area contributed by atoms with Gasteiger partial charge in [-0.15, -0.1) is 5.10 Å². The summed E-state index contributed by atoms with van der Waals surface area (Å²) in [7, 11) is 0. The summed E-state index contributed by atoms with van der Waals surface area (Å²) < 4.78 is 3.80. The van der Waals surface area contributed by atoms with E-state index in [0.29, 0.717) is 5.69 Å². The summed E-state index contributed by atoms with van der Waals surface area (Å²) in [4.78, 5) is 13.0. The van der Waals surface area contributed by atoms with E-state index < -0.39 is 5.91 Å². The zero-order chi connectivity index (χ0) is 15.5. The molecule has 0 saturated heterocycles. The molecule has 0 unspecified atom stereocenters. The Bertz CT molecular complexity index is 781. The molecule has 22 heavy (non-hydrogen) atoms. The molecule has 6 nitrogen and oxygen atoms in total. The van der Waals surface area contributed by atoms with Crippen LogP contribution in [0.4, 0.5) is 5.69 Å². The maximum Gasteiger partial charge on any atom is 0.255 e. The number of phenols is 2. The molecule has 3 rings (SSSR count). The third kappa shape index (κ3) is 3.04. The van der Waals surface area contributed by atoms with Gasteiger partial charge >= 0.3 is 0 Å². The first kappa shape index (κ1) is 14.0. The Morgan fingerprint density at radius 2 is 1.73 bits per heavy atom. The van der Waals surface area contributed by atoms with Gasteiger partial charge in [0, 0.05) is 17.3 Å². The SMILES string of the molecule is O=C(Nc1ccc(-c2cnns2)cc1)c1cc(O)cc(O)c1. The second-order valence-corrected chi connectivity index (χ2v) is 5.34. The average molecular weight is 313 g/mol. The number of aromatic hydroxyl groups is 2. The van der Waals surface area contributed by atoms with Gasteiger partial charge in [-0.25, -0.2) is 0 Å². The Balaban J connectivity index is 1.76. The highest BCUT2D eigenvalue weighted by atomic mass is 32.1. The molecule has 0 aliphatic rings. The van der Waals surface area contributed by atoms with Crippen LogP contribution in [-0.4, -0.2) is 25.7 Å². The van der Waals surface area contributed by atoms with Crippen LogP contribution in [0.15, 0.2) is 48.7 Å². The Kier molecular flexibility index (Phi) is 3.71. The van der Waals surface area contributed by atoms with Crippen LogP contribution >= 0.6 is 11.5 Å². The summed E-state index contributed by atoms with van der Waals surface area (Å²) in [6.07, 6.45) is 1.67. The molecule has 7 heteroatoms. The smallest absolute Gasteiger partial charge is 0.255 e. The average Bonchev–Trinajstić information content (AvgIpc) is 3.01. The van der Waals surface area contributed by atoms with Crippen molar-refractivity contribution in [2.75, 3.05) is 5.32 Å². The fourth-order valence-corrected chi connectivity index (χ4v) is 2.46. The maximum atomic E-state index is 12.1. The van der Waals surface area contributed by atoms with Gasteiger partial charge in [-0.05, 0) is 41.4 Å². The zero-order valence-corrected chi connectivity index (χ0v) is 12.0. The number of rotatable bonds is 3. The van der Waals surface area contributed by atoms with Gasteiger partial charge in [0.05, 0.1) is 11.1 Å². The van der Waals surface area contributed by atoms with Gasteiger partial charge in [0.15, 0.2) is 0 Å². The van der Waals surface area contributed by atoms with E-state index in [4.69, 9.17) is 0 Å². The van der Waals surface area contributed by atoms with E-state index in [1.807, 2.05) is 12.1 Å².